The lowest BCUT2D eigenvalue weighted by atomic mass is 9.81. The van der Waals surface area contributed by atoms with Gasteiger partial charge in [0, 0.05) is 55.7 Å². The maximum Gasteiger partial charge on any atom is 0.126 e. The van der Waals surface area contributed by atoms with Gasteiger partial charge >= 0.3 is 0 Å². The molecule has 0 atom stereocenters. The van der Waals surface area contributed by atoms with Gasteiger partial charge in [-0.25, -0.2) is 9.37 Å². The van der Waals surface area contributed by atoms with Gasteiger partial charge in [-0.1, -0.05) is 12.1 Å². The van der Waals surface area contributed by atoms with Gasteiger partial charge in [-0.05, 0) is 55.0 Å². The summed E-state index contributed by atoms with van der Waals surface area (Å²) in [6.07, 6.45) is 11.5. The monoisotopic (exact) mass is 405 g/mol. The van der Waals surface area contributed by atoms with Crippen molar-refractivity contribution in [2.45, 2.75) is 31.9 Å². The van der Waals surface area contributed by atoms with E-state index in [9.17, 15) is 4.39 Å². The van der Waals surface area contributed by atoms with Crippen LogP contribution in [0.3, 0.4) is 0 Å². The molecule has 0 bridgehead atoms. The highest BCUT2D eigenvalue weighted by atomic mass is 19.1. The van der Waals surface area contributed by atoms with Crippen LogP contribution in [0.2, 0.25) is 0 Å². The second kappa shape index (κ2) is 8.64. The number of likely N-dealkylation sites (tertiary alicyclic amines) is 1. The second-order valence-corrected chi connectivity index (χ2v) is 8.81. The molecule has 2 aromatic heterocycles. The van der Waals surface area contributed by atoms with Crippen LogP contribution in [0.1, 0.15) is 25.7 Å². The number of alkyl halides is 1. The molecule has 1 aliphatic carbocycles. The Morgan fingerprint density at radius 3 is 2.53 bits per heavy atom. The van der Waals surface area contributed by atoms with Crippen molar-refractivity contribution in [3.05, 3.63) is 49.1 Å². The molecule has 6 heteroatoms. The normalized spacial score (nSPS) is 22.7. The molecular weight excluding hydrogens is 377 g/mol. The van der Waals surface area contributed by atoms with Gasteiger partial charge in [-0.3, -0.25) is 14.9 Å². The maximum atomic E-state index is 13.0. The van der Waals surface area contributed by atoms with Crippen LogP contribution in [0.15, 0.2) is 49.1 Å². The Balaban J connectivity index is 1.17. The van der Waals surface area contributed by atoms with Crippen LogP contribution in [-0.2, 0) is 0 Å². The van der Waals surface area contributed by atoms with Crippen LogP contribution in [0.25, 0.3) is 22.0 Å². The predicted molar refractivity (Wildman–Crippen MR) is 118 cm³/mol. The molecule has 0 spiro atoms. The first-order valence-corrected chi connectivity index (χ1v) is 11.0. The summed E-state index contributed by atoms with van der Waals surface area (Å²) in [5.74, 6) is 2.36. The Bertz CT molecular complexity index is 981. The lowest BCUT2D eigenvalue weighted by molar-refractivity contribution is 0.0434. The number of halogens is 1. The minimum Gasteiger partial charge on any atom is -0.370 e. The van der Waals surface area contributed by atoms with E-state index in [0.717, 1.165) is 46.9 Å². The topological polar surface area (TPSA) is 53.9 Å². The number of pyridine rings is 1. The van der Waals surface area contributed by atoms with Gasteiger partial charge in [0.2, 0.25) is 0 Å². The molecule has 0 unspecified atom stereocenters. The van der Waals surface area contributed by atoms with Crippen molar-refractivity contribution in [1.82, 2.24) is 19.9 Å². The fraction of sp³-hybridized carbons (Fsp3) is 0.458. The number of hydrogen-bond donors (Lipinski definition) is 1. The maximum absolute atomic E-state index is 13.0. The summed E-state index contributed by atoms with van der Waals surface area (Å²) < 4.78 is 13.0. The molecule has 1 N–H and O–H groups in total. The Labute approximate surface area is 176 Å². The molecule has 3 aromatic rings. The Morgan fingerprint density at radius 1 is 0.933 bits per heavy atom. The van der Waals surface area contributed by atoms with Crippen molar-refractivity contribution >= 4 is 16.6 Å². The van der Waals surface area contributed by atoms with Gasteiger partial charge in [-0.15, -0.1) is 0 Å². The number of anilines is 1. The number of aromatic nitrogens is 3. The number of benzene rings is 1. The minimum atomic E-state index is -0.586. The molecule has 1 aliphatic heterocycles. The zero-order chi connectivity index (χ0) is 20.3. The third-order valence-electron chi connectivity index (χ3n) is 6.55. The zero-order valence-corrected chi connectivity index (χ0v) is 17.2. The molecule has 0 radical (unpaired) electrons. The van der Waals surface area contributed by atoms with E-state index in [1.54, 1.807) is 18.6 Å². The van der Waals surface area contributed by atoms with E-state index in [4.69, 9.17) is 0 Å². The van der Waals surface area contributed by atoms with Gasteiger partial charge in [0.05, 0.1) is 11.9 Å². The molecule has 1 aromatic carbocycles. The van der Waals surface area contributed by atoms with Crippen LogP contribution in [0, 0.1) is 11.8 Å². The van der Waals surface area contributed by atoms with E-state index in [2.05, 4.69) is 49.4 Å². The Kier molecular flexibility index (Phi) is 5.58. The third kappa shape index (κ3) is 4.43. The van der Waals surface area contributed by atoms with E-state index >= 15 is 0 Å². The van der Waals surface area contributed by atoms with E-state index in [-0.39, 0.29) is 0 Å². The number of hydrogen-bond acceptors (Lipinski definition) is 5. The lowest BCUT2D eigenvalue weighted by Gasteiger charge is -2.39. The number of nitrogens with one attached hydrogen (secondary N) is 1. The van der Waals surface area contributed by atoms with Crippen molar-refractivity contribution in [3.63, 3.8) is 0 Å². The van der Waals surface area contributed by atoms with E-state index in [1.807, 2.05) is 6.20 Å². The molecule has 5 nitrogen and oxygen atoms in total. The second-order valence-electron chi connectivity index (χ2n) is 8.81. The predicted octanol–water partition coefficient (Wildman–Crippen LogP) is 4.56. The molecule has 2 aliphatic rings. The minimum absolute atomic E-state index is 0.586. The molecule has 1 saturated heterocycles. The summed E-state index contributed by atoms with van der Waals surface area (Å²) in [6, 6.07) is 8.42. The average molecular weight is 406 g/mol. The van der Waals surface area contributed by atoms with Crippen LogP contribution >= 0.6 is 0 Å². The highest BCUT2D eigenvalue weighted by Crippen LogP contribution is 2.31. The van der Waals surface area contributed by atoms with Gasteiger partial charge in [0.15, 0.2) is 0 Å². The molecule has 1 saturated carbocycles. The van der Waals surface area contributed by atoms with Crippen LogP contribution in [0.4, 0.5) is 10.2 Å². The first-order chi connectivity index (χ1) is 14.7. The van der Waals surface area contributed by atoms with Crippen molar-refractivity contribution < 1.29 is 4.39 Å². The first-order valence-electron chi connectivity index (χ1n) is 11.0. The van der Waals surface area contributed by atoms with Crippen molar-refractivity contribution in [3.8, 4) is 11.3 Å². The third-order valence-corrected chi connectivity index (χ3v) is 6.55. The van der Waals surface area contributed by atoms with Crippen LogP contribution in [0.5, 0.6) is 0 Å². The fourth-order valence-electron chi connectivity index (χ4n) is 4.73. The number of fused-ring (bicyclic) bond motifs is 1. The molecule has 0 amide bonds. The SMILES string of the molecule is FC1CN(CC2CCC(CNc3cc4cc(-c5cnccn5)ccc4cn3)CC2)C1. The standard InChI is InChI=1S/C24H28FN5/c25-22-15-30(16-22)14-18-3-1-17(2-4-18)11-28-24-10-21-9-19(5-6-20(21)12-29-24)23-13-26-7-8-27-23/h5-10,12-13,17-18,22H,1-4,11,14-16H2,(H,28,29). The number of rotatable bonds is 6. The molecule has 2 fully saturated rings. The number of nitrogens with zero attached hydrogens (tertiary/aromatic N) is 4. The summed E-state index contributed by atoms with van der Waals surface area (Å²) in [6.45, 7) is 3.34. The molecule has 156 valence electrons. The molecule has 30 heavy (non-hydrogen) atoms. The first kappa shape index (κ1) is 19.4. The molecule has 5 rings (SSSR count). The van der Waals surface area contributed by atoms with E-state index in [0.29, 0.717) is 19.0 Å². The summed E-state index contributed by atoms with van der Waals surface area (Å²) in [7, 11) is 0. The quantitative estimate of drug-likeness (QED) is 0.651. The summed E-state index contributed by atoms with van der Waals surface area (Å²) in [5, 5.41) is 5.82. The lowest BCUT2D eigenvalue weighted by Crippen LogP contribution is -2.50. The largest absolute Gasteiger partial charge is 0.370 e. The zero-order valence-electron chi connectivity index (χ0n) is 17.2. The van der Waals surface area contributed by atoms with Gasteiger partial charge in [0.25, 0.3) is 0 Å². The van der Waals surface area contributed by atoms with Crippen LogP contribution in [-0.4, -0.2) is 52.2 Å². The van der Waals surface area contributed by atoms with E-state index in [1.165, 1.54) is 25.7 Å². The Morgan fingerprint density at radius 2 is 1.77 bits per heavy atom. The summed E-state index contributed by atoms with van der Waals surface area (Å²) in [4.78, 5) is 15.4. The smallest absolute Gasteiger partial charge is 0.126 e. The van der Waals surface area contributed by atoms with E-state index < -0.39 is 6.17 Å². The molecular formula is C24H28FN5. The van der Waals surface area contributed by atoms with Gasteiger partial charge in [0.1, 0.15) is 12.0 Å². The highest BCUT2D eigenvalue weighted by Gasteiger charge is 2.30. The Hall–Kier alpha value is -2.60. The summed E-state index contributed by atoms with van der Waals surface area (Å²) in [5.41, 5.74) is 1.94. The fourth-order valence-corrected chi connectivity index (χ4v) is 4.73. The highest BCUT2D eigenvalue weighted by molar-refractivity contribution is 5.87. The van der Waals surface area contributed by atoms with Crippen molar-refractivity contribution in [2.75, 3.05) is 31.5 Å². The van der Waals surface area contributed by atoms with Gasteiger partial charge < -0.3 is 5.32 Å². The van der Waals surface area contributed by atoms with Crippen LogP contribution < -0.4 is 5.32 Å². The van der Waals surface area contributed by atoms with Gasteiger partial charge in [-0.2, -0.15) is 0 Å². The molecule has 3 heterocycles. The van der Waals surface area contributed by atoms with Crippen molar-refractivity contribution in [2.24, 2.45) is 11.8 Å². The average Bonchev–Trinajstić information content (AvgIpc) is 2.77. The van der Waals surface area contributed by atoms with Crippen molar-refractivity contribution in [1.29, 1.82) is 0 Å². The summed E-state index contributed by atoms with van der Waals surface area (Å²) >= 11 is 0.